The number of anilines is 1. The number of tetrazole rings is 1. The molecule has 0 aliphatic heterocycles. The number of halogens is 1. The first-order valence-electron chi connectivity index (χ1n) is 6.72. The predicted octanol–water partition coefficient (Wildman–Crippen LogP) is 2.87. The Hall–Kier alpha value is -2.96. The van der Waals surface area contributed by atoms with Gasteiger partial charge in [0.15, 0.2) is 0 Å². The number of aromatic nitrogens is 4. The van der Waals surface area contributed by atoms with E-state index in [1.54, 1.807) is 22.9 Å². The highest BCUT2D eigenvalue weighted by molar-refractivity contribution is 5.57. The molecule has 0 unspecified atom stereocenters. The Morgan fingerprint density at radius 2 is 2.05 bits per heavy atom. The zero-order valence-corrected chi connectivity index (χ0v) is 11.7. The first kappa shape index (κ1) is 14.0. The minimum atomic E-state index is -0.272. The number of allylic oxidation sites excluding steroid dienone is 1. The van der Waals surface area contributed by atoms with Gasteiger partial charge in [0.25, 0.3) is 0 Å². The van der Waals surface area contributed by atoms with E-state index in [0.29, 0.717) is 24.8 Å². The highest BCUT2D eigenvalue weighted by Gasteiger charge is 2.08. The van der Waals surface area contributed by atoms with Crippen molar-refractivity contribution in [2.45, 2.75) is 13.1 Å². The zero-order valence-electron chi connectivity index (χ0n) is 11.7. The summed E-state index contributed by atoms with van der Waals surface area (Å²) in [7, 11) is 0. The predicted molar refractivity (Wildman–Crippen MR) is 79.4 cm³/mol. The Balaban J connectivity index is 1.68. The van der Waals surface area contributed by atoms with Gasteiger partial charge in [0.1, 0.15) is 17.3 Å². The smallest absolute Gasteiger partial charge is 0.243 e. The SMILES string of the molecule is C=CCn1nnnc1NCc1ccc(-c2ccc(F)cc2)o1. The van der Waals surface area contributed by atoms with Crippen molar-refractivity contribution < 1.29 is 8.81 Å². The summed E-state index contributed by atoms with van der Waals surface area (Å²) in [5, 5.41) is 14.4. The molecule has 7 heteroatoms. The number of furan rings is 1. The van der Waals surface area contributed by atoms with Crippen molar-refractivity contribution >= 4 is 5.95 Å². The molecule has 2 heterocycles. The third-order valence-electron chi connectivity index (χ3n) is 3.05. The number of nitrogens with one attached hydrogen (secondary N) is 1. The van der Waals surface area contributed by atoms with E-state index in [-0.39, 0.29) is 5.82 Å². The molecule has 112 valence electrons. The number of nitrogens with zero attached hydrogens (tertiary/aromatic N) is 4. The van der Waals surface area contributed by atoms with E-state index in [1.807, 2.05) is 12.1 Å². The summed E-state index contributed by atoms with van der Waals surface area (Å²) < 4.78 is 20.2. The third-order valence-corrected chi connectivity index (χ3v) is 3.05. The van der Waals surface area contributed by atoms with E-state index in [4.69, 9.17) is 4.42 Å². The number of rotatable bonds is 6. The van der Waals surface area contributed by atoms with Crippen LogP contribution in [0.5, 0.6) is 0 Å². The number of hydrogen-bond donors (Lipinski definition) is 1. The second kappa shape index (κ2) is 6.21. The van der Waals surface area contributed by atoms with Gasteiger partial charge in [-0.05, 0) is 46.8 Å². The molecule has 0 radical (unpaired) electrons. The van der Waals surface area contributed by atoms with Gasteiger partial charge in [-0.15, -0.1) is 6.58 Å². The van der Waals surface area contributed by atoms with Crippen LogP contribution in [0.15, 0.2) is 53.5 Å². The molecule has 1 N–H and O–H groups in total. The largest absolute Gasteiger partial charge is 0.459 e. The molecule has 0 spiro atoms. The summed E-state index contributed by atoms with van der Waals surface area (Å²) in [6.07, 6.45) is 1.71. The molecule has 0 aliphatic rings. The van der Waals surface area contributed by atoms with Crippen molar-refractivity contribution in [1.82, 2.24) is 20.2 Å². The number of hydrogen-bond acceptors (Lipinski definition) is 5. The Morgan fingerprint density at radius 1 is 1.23 bits per heavy atom. The van der Waals surface area contributed by atoms with Gasteiger partial charge in [0.05, 0.1) is 13.1 Å². The first-order valence-corrected chi connectivity index (χ1v) is 6.72. The van der Waals surface area contributed by atoms with Gasteiger partial charge in [-0.25, -0.2) is 9.07 Å². The lowest BCUT2D eigenvalue weighted by Crippen LogP contribution is -2.07. The van der Waals surface area contributed by atoms with Gasteiger partial charge < -0.3 is 9.73 Å². The molecule has 22 heavy (non-hydrogen) atoms. The maximum atomic E-state index is 12.9. The average Bonchev–Trinajstić information content (AvgIpc) is 3.16. The van der Waals surface area contributed by atoms with Crippen molar-refractivity contribution in [3.63, 3.8) is 0 Å². The molecule has 0 aliphatic carbocycles. The van der Waals surface area contributed by atoms with Gasteiger partial charge in [-0.2, -0.15) is 0 Å². The van der Waals surface area contributed by atoms with Gasteiger partial charge in [0.2, 0.25) is 5.95 Å². The molecule has 6 nitrogen and oxygen atoms in total. The van der Waals surface area contributed by atoms with E-state index in [1.165, 1.54) is 12.1 Å². The Labute approximate surface area is 126 Å². The van der Waals surface area contributed by atoms with Crippen molar-refractivity contribution in [2.24, 2.45) is 0 Å². The van der Waals surface area contributed by atoms with Crippen LogP contribution in [0.1, 0.15) is 5.76 Å². The lowest BCUT2D eigenvalue weighted by molar-refractivity contribution is 0.529. The molecule has 0 atom stereocenters. The lowest BCUT2D eigenvalue weighted by Gasteiger charge is -2.03. The molecular formula is C15H14FN5O. The van der Waals surface area contributed by atoms with Crippen LogP contribution in [-0.2, 0) is 13.1 Å². The van der Waals surface area contributed by atoms with Crippen LogP contribution in [-0.4, -0.2) is 20.2 Å². The lowest BCUT2D eigenvalue weighted by atomic mass is 10.2. The monoisotopic (exact) mass is 299 g/mol. The van der Waals surface area contributed by atoms with Gasteiger partial charge in [-0.3, -0.25) is 0 Å². The van der Waals surface area contributed by atoms with Crippen LogP contribution in [0.2, 0.25) is 0 Å². The second-order valence-corrected chi connectivity index (χ2v) is 4.60. The van der Waals surface area contributed by atoms with Crippen LogP contribution in [0.3, 0.4) is 0 Å². The maximum Gasteiger partial charge on any atom is 0.243 e. The van der Waals surface area contributed by atoms with E-state index in [0.717, 1.165) is 11.3 Å². The normalized spacial score (nSPS) is 10.6. The summed E-state index contributed by atoms with van der Waals surface area (Å²) >= 11 is 0. The third kappa shape index (κ3) is 3.03. The molecule has 1 aromatic carbocycles. The minimum absolute atomic E-state index is 0.272. The first-order chi connectivity index (χ1) is 10.8. The molecule has 3 rings (SSSR count). The van der Waals surface area contributed by atoms with Crippen LogP contribution in [0, 0.1) is 5.82 Å². The quantitative estimate of drug-likeness (QED) is 0.709. The Kier molecular flexibility index (Phi) is 3.95. The van der Waals surface area contributed by atoms with Gasteiger partial charge in [0, 0.05) is 5.56 Å². The molecule has 3 aromatic rings. The highest BCUT2D eigenvalue weighted by atomic mass is 19.1. The van der Waals surface area contributed by atoms with E-state index in [2.05, 4.69) is 27.4 Å². The van der Waals surface area contributed by atoms with Gasteiger partial charge >= 0.3 is 0 Å². The van der Waals surface area contributed by atoms with Crippen molar-refractivity contribution in [1.29, 1.82) is 0 Å². The standard InChI is InChI=1S/C15H14FN5O/c1-2-9-21-15(18-19-20-21)17-10-13-7-8-14(22-13)11-3-5-12(16)6-4-11/h2-8H,1,9-10H2,(H,17,18,20). The maximum absolute atomic E-state index is 12.9. The fourth-order valence-electron chi connectivity index (χ4n) is 1.98. The van der Waals surface area contributed by atoms with E-state index in [9.17, 15) is 4.39 Å². The molecule has 0 saturated carbocycles. The summed E-state index contributed by atoms with van der Waals surface area (Å²) in [5.74, 6) is 1.68. The second-order valence-electron chi connectivity index (χ2n) is 4.60. The molecule has 0 amide bonds. The molecule has 2 aromatic heterocycles. The fraction of sp³-hybridized carbons (Fsp3) is 0.133. The zero-order chi connectivity index (χ0) is 15.4. The van der Waals surface area contributed by atoms with Crippen LogP contribution >= 0.6 is 0 Å². The van der Waals surface area contributed by atoms with E-state index >= 15 is 0 Å². The number of benzene rings is 1. The van der Waals surface area contributed by atoms with Crippen LogP contribution in [0.4, 0.5) is 10.3 Å². The summed E-state index contributed by atoms with van der Waals surface area (Å²) in [6, 6.07) is 9.86. The molecular weight excluding hydrogens is 285 g/mol. The van der Waals surface area contributed by atoms with E-state index < -0.39 is 0 Å². The Morgan fingerprint density at radius 3 is 2.82 bits per heavy atom. The topological polar surface area (TPSA) is 68.8 Å². The molecule has 0 fully saturated rings. The van der Waals surface area contributed by atoms with Gasteiger partial charge in [-0.1, -0.05) is 11.2 Å². The highest BCUT2D eigenvalue weighted by Crippen LogP contribution is 2.22. The molecule has 0 bridgehead atoms. The summed E-state index contributed by atoms with van der Waals surface area (Å²) in [4.78, 5) is 0. The fourth-order valence-corrected chi connectivity index (χ4v) is 1.98. The van der Waals surface area contributed by atoms with Crippen LogP contribution in [0.25, 0.3) is 11.3 Å². The summed E-state index contributed by atoms with van der Waals surface area (Å²) in [5.41, 5.74) is 0.823. The molecule has 0 saturated heterocycles. The van der Waals surface area contributed by atoms with Crippen molar-refractivity contribution in [2.75, 3.05) is 5.32 Å². The van der Waals surface area contributed by atoms with Crippen LogP contribution < -0.4 is 5.32 Å². The Bertz CT molecular complexity index is 762. The summed E-state index contributed by atoms with van der Waals surface area (Å²) in [6.45, 7) is 4.61. The average molecular weight is 299 g/mol. The minimum Gasteiger partial charge on any atom is -0.459 e. The van der Waals surface area contributed by atoms with Crippen molar-refractivity contribution in [3.05, 3.63) is 60.6 Å². The van der Waals surface area contributed by atoms with Crippen molar-refractivity contribution in [3.8, 4) is 11.3 Å².